The lowest BCUT2D eigenvalue weighted by Gasteiger charge is -2.34. The lowest BCUT2D eigenvalue weighted by molar-refractivity contribution is 0.581. The van der Waals surface area contributed by atoms with Crippen molar-refractivity contribution < 1.29 is 8.98 Å². The van der Waals surface area contributed by atoms with Crippen LogP contribution in [0.2, 0.25) is 0 Å². The zero-order valence-corrected chi connectivity index (χ0v) is 39.3. The van der Waals surface area contributed by atoms with Crippen LogP contribution in [0.25, 0.3) is 44.2 Å². The SMILES string of the molecule is CC1(C)c2ccccc2-c2c(N(c3ccc(-c4ccccc4)cc3)c3ccc4oc5ccc(C6C=CC7=C(C6)N(c6ccccc6)P(=O)(c6ccccc6)N7c6ccccc6)cc5c4c3)cccc21. The molecule has 0 radical (unpaired) electrons. The highest BCUT2D eigenvalue weighted by Crippen LogP contribution is 2.66. The third-order valence-electron chi connectivity index (χ3n) is 14.5. The molecule has 0 saturated carbocycles. The Kier molecular flexibility index (Phi) is 9.54. The highest BCUT2D eigenvalue weighted by molar-refractivity contribution is 7.75. The van der Waals surface area contributed by atoms with Crippen LogP contribution in [0.4, 0.5) is 28.4 Å². The van der Waals surface area contributed by atoms with Gasteiger partial charge in [-0.2, -0.15) is 0 Å². The van der Waals surface area contributed by atoms with E-state index in [9.17, 15) is 0 Å². The molecule has 6 heteroatoms. The molecule has 2 unspecified atom stereocenters. The predicted octanol–water partition coefficient (Wildman–Crippen LogP) is 16.8. The summed E-state index contributed by atoms with van der Waals surface area (Å²) in [6, 6.07) is 78.9. The van der Waals surface area contributed by atoms with Crippen LogP contribution < -0.4 is 19.5 Å². The normalized spacial score (nSPS) is 17.9. The van der Waals surface area contributed by atoms with Crippen molar-refractivity contribution in [2.24, 2.45) is 0 Å². The topological polar surface area (TPSA) is 39.9 Å². The van der Waals surface area contributed by atoms with Crippen molar-refractivity contribution in [1.29, 1.82) is 0 Å². The monoisotopic (exact) mass is 909 g/mol. The molecular formula is C63H48N3O2P. The number of hydrogen-bond acceptors (Lipinski definition) is 3. The van der Waals surface area contributed by atoms with Crippen molar-refractivity contribution in [3.8, 4) is 22.3 Å². The van der Waals surface area contributed by atoms with Crippen molar-refractivity contribution in [3.05, 3.63) is 265 Å². The van der Waals surface area contributed by atoms with E-state index in [0.717, 1.165) is 67.1 Å². The van der Waals surface area contributed by atoms with E-state index >= 15 is 4.57 Å². The van der Waals surface area contributed by atoms with Gasteiger partial charge in [0, 0.05) is 56.8 Å². The quantitative estimate of drug-likeness (QED) is 0.142. The minimum atomic E-state index is -3.47. The Morgan fingerprint density at radius 1 is 0.551 bits per heavy atom. The Morgan fingerprint density at radius 2 is 1.13 bits per heavy atom. The van der Waals surface area contributed by atoms with Gasteiger partial charge in [0.25, 0.3) is 0 Å². The molecule has 2 aliphatic carbocycles. The molecule has 9 aromatic carbocycles. The van der Waals surface area contributed by atoms with Gasteiger partial charge >= 0.3 is 7.44 Å². The number of nitrogens with zero attached hydrogens (tertiary/aromatic N) is 3. The largest absolute Gasteiger partial charge is 0.456 e. The van der Waals surface area contributed by atoms with Gasteiger partial charge in [0.05, 0.1) is 22.4 Å². The van der Waals surface area contributed by atoms with Crippen LogP contribution in [-0.4, -0.2) is 0 Å². The number of hydrogen-bond donors (Lipinski definition) is 0. The third-order valence-corrected chi connectivity index (χ3v) is 17.5. The first-order chi connectivity index (χ1) is 33.9. The maximum Gasteiger partial charge on any atom is 0.301 e. The smallest absolute Gasteiger partial charge is 0.301 e. The summed E-state index contributed by atoms with van der Waals surface area (Å²) < 4.78 is 27.1. The van der Waals surface area contributed by atoms with Gasteiger partial charge in [-0.1, -0.05) is 159 Å². The highest BCUT2D eigenvalue weighted by Gasteiger charge is 2.50. The second-order valence-electron chi connectivity index (χ2n) is 18.8. The van der Waals surface area contributed by atoms with Gasteiger partial charge in [0.2, 0.25) is 0 Å². The van der Waals surface area contributed by atoms with Gasteiger partial charge in [-0.05, 0) is 124 Å². The van der Waals surface area contributed by atoms with Crippen LogP contribution in [0, 0.1) is 0 Å². The maximum atomic E-state index is 16.3. The molecule has 10 aromatic rings. The van der Waals surface area contributed by atoms with E-state index in [-0.39, 0.29) is 11.3 Å². The number of fused-ring (bicyclic) bond motifs is 6. The highest BCUT2D eigenvalue weighted by atomic mass is 31.2. The minimum absolute atomic E-state index is 0.0161. The number of rotatable bonds is 8. The first kappa shape index (κ1) is 41.1. The van der Waals surface area contributed by atoms with E-state index in [2.05, 4.69) is 198 Å². The number of furan rings is 1. The Hall–Kier alpha value is -8.11. The fourth-order valence-electron chi connectivity index (χ4n) is 11.2. The van der Waals surface area contributed by atoms with Crippen molar-refractivity contribution in [2.45, 2.75) is 31.6 Å². The van der Waals surface area contributed by atoms with Crippen LogP contribution in [-0.2, 0) is 9.98 Å². The second kappa shape index (κ2) is 16.0. The molecule has 1 aromatic heterocycles. The van der Waals surface area contributed by atoms with Gasteiger partial charge < -0.3 is 9.32 Å². The number of benzene rings is 9. The minimum Gasteiger partial charge on any atom is -0.456 e. The fourth-order valence-corrected chi connectivity index (χ4v) is 14.3. The Morgan fingerprint density at radius 3 is 1.86 bits per heavy atom. The summed E-state index contributed by atoms with van der Waals surface area (Å²) in [5.41, 5.74) is 17.3. The van der Waals surface area contributed by atoms with Crippen LogP contribution in [0.15, 0.2) is 252 Å². The number of para-hydroxylation sites is 2. The summed E-state index contributed by atoms with van der Waals surface area (Å²) in [7, 11) is -3.47. The van der Waals surface area contributed by atoms with Crippen molar-refractivity contribution in [3.63, 3.8) is 0 Å². The molecule has 0 fully saturated rings. The van der Waals surface area contributed by atoms with Crippen molar-refractivity contribution >= 4 is 63.1 Å². The average Bonchev–Trinajstić information content (AvgIpc) is 3.99. The predicted molar refractivity (Wildman–Crippen MR) is 286 cm³/mol. The second-order valence-corrected chi connectivity index (χ2v) is 21.2. The van der Waals surface area contributed by atoms with Crippen molar-refractivity contribution in [2.75, 3.05) is 14.2 Å². The van der Waals surface area contributed by atoms with Crippen LogP contribution in [0.3, 0.4) is 0 Å². The molecule has 2 atom stereocenters. The summed E-state index contributed by atoms with van der Waals surface area (Å²) in [5.74, 6) is 0.0161. The molecule has 0 spiro atoms. The zero-order chi connectivity index (χ0) is 46.3. The van der Waals surface area contributed by atoms with Crippen LogP contribution in [0.5, 0.6) is 0 Å². The number of anilines is 5. The van der Waals surface area contributed by atoms with Gasteiger partial charge in [-0.3, -0.25) is 13.9 Å². The van der Waals surface area contributed by atoms with E-state index in [1.165, 1.54) is 38.9 Å². The van der Waals surface area contributed by atoms with E-state index in [4.69, 9.17) is 4.42 Å². The molecule has 69 heavy (non-hydrogen) atoms. The Bertz CT molecular complexity index is 3710. The van der Waals surface area contributed by atoms with Crippen LogP contribution >= 0.6 is 7.44 Å². The Balaban J connectivity index is 0.934. The molecule has 0 N–H and O–H groups in total. The number of allylic oxidation sites excluding steroid dienone is 3. The molecule has 3 aliphatic rings. The van der Waals surface area contributed by atoms with E-state index in [1.54, 1.807) is 0 Å². The lowest BCUT2D eigenvalue weighted by Crippen LogP contribution is -2.29. The summed E-state index contributed by atoms with van der Waals surface area (Å²) in [4.78, 5) is 2.42. The van der Waals surface area contributed by atoms with Crippen molar-refractivity contribution in [1.82, 2.24) is 0 Å². The van der Waals surface area contributed by atoms with Gasteiger partial charge in [-0.15, -0.1) is 0 Å². The third kappa shape index (κ3) is 6.49. The van der Waals surface area contributed by atoms with Crippen LogP contribution in [0.1, 0.15) is 42.9 Å². The molecule has 332 valence electrons. The molecule has 13 rings (SSSR count). The average molecular weight is 910 g/mol. The standard InChI is InChI=1S/C63H48N3O2P/c1-63(2)55-27-16-15-26-52(55)62-56(63)28-17-29-58(62)64(47-34-30-44(31-35-47)43-18-7-3-8-19-43)50-36-39-61-54(42-50)53-40-45(33-38-60(53)68-61)46-32-37-57-59(41-46)66(49-22-11-5-12-23-49)69(67,51-24-13-6-14-25-51)65(57)48-20-9-4-10-21-48/h3-40,42,46H,41H2,1-2H3. The van der Waals surface area contributed by atoms with Gasteiger partial charge in [0.15, 0.2) is 0 Å². The van der Waals surface area contributed by atoms with E-state index in [1.807, 2.05) is 66.7 Å². The molecular weight excluding hydrogens is 862 g/mol. The summed E-state index contributed by atoms with van der Waals surface area (Å²) in [6.45, 7) is 4.68. The maximum absolute atomic E-state index is 16.3. The lowest BCUT2D eigenvalue weighted by atomic mass is 9.82. The first-order valence-corrected chi connectivity index (χ1v) is 25.4. The molecule has 0 amide bonds. The fraction of sp³-hybridized carbons (Fsp3) is 0.0794. The van der Waals surface area contributed by atoms with Gasteiger partial charge in [-0.25, -0.2) is 0 Å². The molecule has 1 aliphatic heterocycles. The van der Waals surface area contributed by atoms with Gasteiger partial charge in [0.1, 0.15) is 11.2 Å². The molecule has 2 heterocycles. The molecule has 5 nitrogen and oxygen atoms in total. The van der Waals surface area contributed by atoms with E-state index < -0.39 is 7.44 Å². The summed E-state index contributed by atoms with van der Waals surface area (Å²) >= 11 is 0. The zero-order valence-electron chi connectivity index (χ0n) is 38.4. The summed E-state index contributed by atoms with van der Waals surface area (Å²) in [5, 5.41) is 2.90. The summed E-state index contributed by atoms with van der Waals surface area (Å²) in [6.07, 6.45) is 5.16. The Labute approximate surface area is 403 Å². The molecule has 0 bridgehead atoms. The first-order valence-electron chi connectivity index (χ1n) is 23.8. The molecule has 0 saturated heterocycles. The van der Waals surface area contributed by atoms with E-state index in [0.29, 0.717) is 6.42 Å².